The molecule has 0 bridgehead atoms. The molecule has 19 aromatic rings. The lowest BCUT2D eigenvalue weighted by Gasteiger charge is -2.14. The number of thiophene rings is 2. The van der Waals surface area contributed by atoms with Crippen molar-refractivity contribution in [3.8, 4) is 45.8 Å². The fourth-order valence-corrected chi connectivity index (χ4v) is 16.1. The predicted octanol–water partition coefficient (Wildman–Crippen LogP) is 20.3. The second-order valence-corrected chi connectivity index (χ2v) is 24.1. The van der Waals surface area contributed by atoms with Crippen LogP contribution in [0.1, 0.15) is 0 Å². The minimum Gasteiger partial charge on any atom is -0.309 e. The summed E-state index contributed by atoms with van der Waals surface area (Å²) in [6.45, 7) is 0. The van der Waals surface area contributed by atoms with Gasteiger partial charge >= 0.3 is 0 Å². The molecule has 0 unspecified atom stereocenters. The van der Waals surface area contributed by atoms with Gasteiger partial charge in [-0.2, -0.15) is 15.0 Å². The van der Waals surface area contributed by atoms with E-state index in [9.17, 15) is 0 Å². The van der Waals surface area contributed by atoms with Crippen LogP contribution in [0.5, 0.6) is 0 Å². The van der Waals surface area contributed by atoms with Crippen molar-refractivity contribution in [3.63, 3.8) is 0 Å². The third kappa shape index (κ3) is 6.53. The number of benzene rings is 12. The molecule has 0 fully saturated rings. The van der Waals surface area contributed by atoms with Crippen molar-refractivity contribution >= 4 is 150 Å². The summed E-state index contributed by atoms with van der Waals surface area (Å²) in [5.74, 6) is 1.57. The first-order chi connectivity index (χ1) is 41.6. The van der Waals surface area contributed by atoms with E-state index in [0.29, 0.717) is 17.8 Å². The van der Waals surface area contributed by atoms with Crippen molar-refractivity contribution in [2.24, 2.45) is 0 Å². The number of hydrogen-bond acceptors (Lipinski definition) is 5. The minimum absolute atomic E-state index is 0.519. The molecule has 7 heterocycles. The molecule has 19 rings (SSSR count). The van der Waals surface area contributed by atoms with E-state index in [4.69, 9.17) is 15.0 Å². The number of aromatic nitrogens is 7. The molecule has 0 aliphatic rings. The molecule has 0 spiro atoms. The van der Waals surface area contributed by atoms with Crippen molar-refractivity contribution < 1.29 is 0 Å². The second-order valence-electron chi connectivity index (χ2n) is 21.9. The van der Waals surface area contributed by atoms with Crippen LogP contribution in [-0.2, 0) is 0 Å². The Hall–Kier alpha value is -10.7. The predicted molar refractivity (Wildman–Crippen MR) is 354 cm³/mol. The van der Waals surface area contributed by atoms with E-state index in [-0.39, 0.29) is 0 Å². The van der Waals surface area contributed by atoms with Gasteiger partial charge in [0, 0.05) is 89.1 Å². The van der Waals surface area contributed by atoms with Gasteiger partial charge in [-0.15, -0.1) is 22.7 Å². The highest BCUT2D eigenvalue weighted by Gasteiger charge is 2.25. The molecular weight excluding hydrogens is 1060 g/mol. The number of para-hydroxylation sites is 5. The highest BCUT2D eigenvalue weighted by atomic mass is 32.1. The average Bonchev–Trinajstić information content (AvgIpc) is 4.37. The first-order valence-corrected chi connectivity index (χ1v) is 30.0. The van der Waals surface area contributed by atoms with Crippen LogP contribution in [0, 0.1) is 0 Å². The van der Waals surface area contributed by atoms with Gasteiger partial charge in [0.25, 0.3) is 0 Å². The SMILES string of the molecule is c1ccc(-n2c3ccccc3c3cc(-c4ccc5c6ccccc6n(-c6nc(-n7c8ccccc8c8ccc(-c9ccc%10c(c9)sc9ccccc9%10)cc87)nc(-n7c8ccccc8c8c9sc%10ccccc%10c9ccc87)n6)c5c4)ccc32)cc1. The van der Waals surface area contributed by atoms with Crippen molar-refractivity contribution in [1.82, 2.24) is 33.2 Å². The van der Waals surface area contributed by atoms with Gasteiger partial charge in [-0.3, -0.25) is 13.7 Å². The van der Waals surface area contributed by atoms with Gasteiger partial charge in [0.15, 0.2) is 0 Å². The Labute approximate surface area is 487 Å². The molecule has 9 heteroatoms. The molecule has 0 atom stereocenters. The van der Waals surface area contributed by atoms with E-state index in [1.165, 1.54) is 67.5 Å². The standard InChI is InChI=1S/C75H43N7S2/c1-2-16-48(17-3-1)79-60-24-10-6-20-51(60)59-40-44(33-38-64(59)79)45-30-34-52-49-18-4-11-25-61(49)81(66(52)41-45)74-76-73(80-63-27-13-7-23-58(63)71-65(80)39-37-57-55-22-9-15-29-69(55)84-72(57)71)77-75(78-74)82-62-26-12-5-19-50(62)53-35-31-46(42-67(53)82)47-32-36-56-54-21-8-14-28-68(54)83-70(56)43-47/h1-43H. The minimum atomic E-state index is 0.519. The highest BCUT2D eigenvalue weighted by Crippen LogP contribution is 2.45. The van der Waals surface area contributed by atoms with Crippen molar-refractivity contribution in [2.75, 3.05) is 0 Å². The summed E-state index contributed by atoms with van der Waals surface area (Å²) in [4.78, 5) is 17.2. The molecule has 12 aromatic carbocycles. The fourth-order valence-electron chi connectivity index (χ4n) is 13.7. The summed E-state index contributed by atoms with van der Waals surface area (Å²) >= 11 is 3.69. The number of rotatable bonds is 6. The van der Waals surface area contributed by atoms with Gasteiger partial charge in [0.2, 0.25) is 17.8 Å². The zero-order valence-electron chi connectivity index (χ0n) is 44.8. The fraction of sp³-hybridized carbons (Fsp3) is 0. The first kappa shape index (κ1) is 46.0. The van der Waals surface area contributed by atoms with Crippen LogP contribution in [0.2, 0.25) is 0 Å². The number of hydrogen-bond donors (Lipinski definition) is 0. The zero-order chi connectivity index (χ0) is 54.7. The number of fused-ring (bicyclic) bond motifs is 19. The highest BCUT2D eigenvalue weighted by molar-refractivity contribution is 7.27. The topological polar surface area (TPSA) is 58.4 Å². The lowest BCUT2D eigenvalue weighted by molar-refractivity contribution is 0.848. The van der Waals surface area contributed by atoms with Crippen molar-refractivity contribution in [3.05, 3.63) is 261 Å². The molecule has 0 saturated carbocycles. The molecular formula is C75H43N7S2. The molecule has 7 aromatic heterocycles. The zero-order valence-corrected chi connectivity index (χ0v) is 46.4. The van der Waals surface area contributed by atoms with Gasteiger partial charge in [-0.1, -0.05) is 176 Å². The molecule has 84 heavy (non-hydrogen) atoms. The smallest absolute Gasteiger partial charge is 0.241 e. The average molecular weight is 1110 g/mol. The van der Waals surface area contributed by atoms with E-state index in [0.717, 1.165) is 88.0 Å². The third-order valence-corrected chi connectivity index (χ3v) is 19.8. The maximum absolute atomic E-state index is 5.74. The van der Waals surface area contributed by atoms with Gasteiger partial charge < -0.3 is 4.57 Å². The van der Waals surface area contributed by atoms with Crippen molar-refractivity contribution in [1.29, 1.82) is 0 Å². The van der Waals surface area contributed by atoms with Crippen LogP contribution in [0.25, 0.3) is 173 Å². The Balaban J connectivity index is 0.882. The Morgan fingerprint density at radius 2 is 0.607 bits per heavy atom. The molecule has 0 radical (unpaired) electrons. The lowest BCUT2D eigenvalue weighted by atomic mass is 10.0. The van der Waals surface area contributed by atoms with Crippen LogP contribution < -0.4 is 0 Å². The van der Waals surface area contributed by atoms with E-state index in [1.807, 2.05) is 22.7 Å². The van der Waals surface area contributed by atoms with Gasteiger partial charge in [0.05, 0.1) is 44.1 Å². The largest absolute Gasteiger partial charge is 0.309 e. The van der Waals surface area contributed by atoms with Crippen LogP contribution >= 0.6 is 22.7 Å². The lowest BCUT2D eigenvalue weighted by Crippen LogP contribution is -2.13. The van der Waals surface area contributed by atoms with E-state index in [1.54, 1.807) is 0 Å². The van der Waals surface area contributed by atoms with Crippen LogP contribution in [-0.4, -0.2) is 33.2 Å². The quantitative estimate of drug-likeness (QED) is 0.167. The Morgan fingerprint density at radius 3 is 1.23 bits per heavy atom. The van der Waals surface area contributed by atoms with Gasteiger partial charge in [-0.25, -0.2) is 0 Å². The molecule has 0 N–H and O–H groups in total. The summed E-state index contributed by atoms with van der Waals surface area (Å²) < 4.78 is 14.2. The number of nitrogens with zero attached hydrogens (tertiary/aromatic N) is 7. The monoisotopic (exact) mass is 1110 g/mol. The maximum Gasteiger partial charge on any atom is 0.241 e. The molecule has 0 aliphatic carbocycles. The van der Waals surface area contributed by atoms with Crippen LogP contribution in [0.3, 0.4) is 0 Å². The summed E-state index contributed by atoms with van der Waals surface area (Å²) in [7, 11) is 0. The second kappa shape index (κ2) is 17.4. The normalized spacial score (nSPS) is 12.3. The Kier molecular flexibility index (Phi) is 9.52. The molecule has 7 nitrogen and oxygen atoms in total. The van der Waals surface area contributed by atoms with Crippen LogP contribution in [0.4, 0.5) is 0 Å². The third-order valence-electron chi connectivity index (χ3n) is 17.5. The van der Waals surface area contributed by atoms with E-state index >= 15 is 0 Å². The summed E-state index contributed by atoms with van der Waals surface area (Å²) in [6, 6.07) is 94.9. The first-order valence-electron chi connectivity index (χ1n) is 28.3. The summed E-state index contributed by atoms with van der Waals surface area (Å²) in [5.41, 5.74) is 14.1. The Morgan fingerprint density at radius 1 is 0.226 bits per heavy atom. The van der Waals surface area contributed by atoms with E-state index in [2.05, 4.69) is 279 Å². The molecule has 0 aliphatic heterocycles. The Bertz CT molecular complexity index is 6010. The maximum atomic E-state index is 5.74. The van der Waals surface area contributed by atoms with Gasteiger partial charge in [-0.05, 0) is 107 Å². The molecule has 390 valence electrons. The summed E-state index contributed by atoms with van der Waals surface area (Å²) in [6.07, 6.45) is 0. The molecule has 0 amide bonds. The van der Waals surface area contributed by atoms with Crippen molar-refractivity contribution in [2.45, 2.75) is 0 Å². The van der Waals surface area contributed by atoms with Crippen LogP contribution in [0.15, 0.2) is 261 Å². The van der Waals surface area contributed by atoms with E-state index < -0.39 is 0 Å². The molecule has 0 saturated heterocycles. The van der Waals surface area contributed by atoms with Gasteiger partial charge in [0.1, 0.15) is 0 Å². The summed E-state index contributed by atoms with van der Waals surface area (Å²) in [5, 5.41) is 14.3.